The predicted molar refractivity (Wildman–Crippen MR) is 72.5 cm³/mol. The maximum atomic E-state index is 12.1. The molecule has 104 valence electrons. The zero-order chi connectivity index (χ0) is 13.5. The molecule has 4 N–H and O–H groups in total. The molecule has 1 aliphatic carbocycles. The van der Waals surface area contributed by atoms with Crippen LogP contribution in [0.2, 0.25) is 0 Å². The molecule has 1 fully saturated rings. The Morgan fingerprint density at radius 2 is 2.22 bits per heavy atom. The molecule has 0 aromatic rings. The van der Waals surface area contributed by atoms with E-state index in [1.807, 2.05) is 6.26 Å². The lowest BCUT2D eigenvalue weighted by Crippen LogP contribution is -2.45. The first-order chi connectivity index (χ1) is 8.60. The van der Waals surface area contributed by atoms with Crippen LogP contribution >= 0.6 is 11.8 Å². The Morgan fingerprint density at radius 1 is 1.50 bits per heavy atom. The van der Waals surface area contributed by atoms with Crippen molar-refractivity contribution in [2.45, 2.75) is 31.7 Å². The Balaban J connectivity index is 2.52. The third kappa shape index (κ3) is 4.17. The molecule has 0 heterocycles. The van der Waals surface area contributed by atoms with E-state index in [2.05, 4.69) is 5.32 Å². The monoisotopic (exact) mass is 274 g/mol. The van der Waals surface area contributed by atoms with Gasteiger partial charge in [0.25, 0.3) is 0 Å². The molecule has 5 nitrogen and oxygen atoms in total. The summed E-state index contributed by atoms with van der Waals surface area (Å²) in [4.78, 5) is 23.1. The summed E-state index contributed by atoms with van der Waals surface area (Å²) in [6.07, 6.45) is 5.17. The number of rotatable bonds is 7. The van der Waals surface area contributed by atoms with Gasteiger partial charge in [-0.1, -0.05) is 6.42 Å². The normalized spacial score (nSPS) is 24.8. The minimum atomic E-state index is -0.959. The van der Waals surface area contributed by atoms with E-state index in [0.29, 0.717) is 13.0 Å². The van der Waals surface area contributed by atoms with Gasteiger partial charge in [-0.15, -0.1) is 0 Å². The molecular formula is C12H22N2O3S. The number of nitrogens with two attached hydrogens (primary N) is 1. The van der Waals surface area contributed by atoms with Crippen LogP contribution in [-0.4, -0.2) is 41.6 Å². The quantitative estimate of drug-likeness (QED) is 0.635. The van der Waals surface area contributed by atoms with Gasteiger partial charge in [-0.25, -0.2) is 4.79 Å². The Morgan fingerprint density at radius 3 is 2.78 bits per heavy atom. The maximum Gasteiger partial charge on any atom is 0.326 e. The van der Waals surface area contributed by atoms with E-state index in [4.69, 9.17) is 10.8 Å². The van der Waals surface area contributed by atoms with E-state index in [9.17, 15) is 9.59 Å². The zero-order valence-corrected chi connectivity index (χ0v) is 11.5. The highest BCUT2D eigenvalue weighted by Gasteiger charge is 2.33. The summed E-state index contributed by atoms with van der Waals surface area (Å²) in [5, 5.41) is 11.7. The summed E-state index contributed by atoms with van der Waals surface area (Å²) in [5.74, 6) is -0.273. The lowest BCUT2D eigenvalue weighted by molar-refractivity contribution is -0.142. The van der Waals surface area contributed by atoms with Crippen LogP contribution < -0.4 is 11.1 Å². The van der Waals surface area contributed by atoms with Crippen molar-refractivity contribution < 1.29 is 14.7 Å². The fraction of sp³-hybridized carbons (Fsp3) is 0.833. The van der Waals surface area contributed by atoms with Gasteiger partial charge in [0.05, 0.1) is 0 Å². The molecule has 0 aliphatic heterocycles. The Labute approximate surface area is 112 Å². The number of hydrogen-bond acceptors (Lipinski definition) is 4. The minimum Gasteiger partial charge on any atom is -0.480 e. The SMILES string of the molecule is CSCC[C@@H](NC(=O)C1CCCC1CN)C(=O)O. The van der Waals surface area contributed by atoms with Gasteiger partial charge in [-0.3, -0.25) is 4.79 Å². The highest BCUT2D eigenvalue weighted by molar-refractivity contribution is 7.98. The number of aliphatic carboxylic acids is 1. The van der Waals surface area contributed by atoms with Crippen LogP contribution in [0.1, 0.15) is 25.7 Å². The summed E-state index contributed by atoms with van der Waals surface area (Å²) in [7, 11) is 0. The van der Waals surface area contributed by atoms with Crippen molar-refractivity contribution in [3.8, 4) is 0 Å². The standard InChI is InChI=1S/C12H22N2O3S/c1-18-6-5-10(12(16)17)14-11(15)9-4-2-3-8(9)7-13/h8-10H,2-7,13H2,1H3,(H,14,15)(H,16,17)/t8?,9?,10-/m1/s1. The van der Waals surface area contributed by atoms with Gasteiger partial charge in [-0.2, -0.15) is 11.8 Å². The van der Waals surface area contributed by atoms with Crippen LogP contribution in [0, 0.1) is 11.8 Å². The molecular weight excluding hydrogens is 252 g/mol. The van der Waals surface area contributed by atoms with Crippen molar-refractivity contribution in [3.05, 3.63) is 0 Å². The fourth-order valence-corrected chi connectivity index (χ4v) is 2.91. The van der Waals surface area contributed by atoms with E-state index in [1.54, 1.807) is 11.8 Å². The second-order valence-electron chi connectivity index (χ2n) is 4.71. The number of carboxylic acid groups (broad SMARTS) is 1. The first kappa shape index (κ1) is 15.3. The van der Waals surface area contributed by atoms with E-state index in [0.717, 1.165) is 25.0 Å². The first-order valence-corrected chi connectivity index (χ1v) is 7.71. The largest absolute Gasteiger partial charge is 0.480 e. The number of amides is 1. The molecule has 6 heteroatoms. The fourth-order valence-electron chi connectivity index (χ4n) is 2.44. The van der Waals surface area contributed by atoms with Crippen molar-refractivity contribution in [1.29, 1.82) is 0 Å². The molecule has 2 unspecified atom stereocenters. The average Bonchev–Trinajstić information content (AvgIpc) is 2.82. The molecule has 3 atom stereocenters. The third-order valence-corrected chi connectivity index (χ3v) is 4.17. The van der Waals surface area contributed by atoms with Gasteiger partial charge in [0, 0.05) is 5.92 Å². The number of carbonyl (C=O) groups is 2. The second-order valence-corrected chi connectivity index (χ2v) is 5.70. The summed E-state index contributed by atoms with van der Waals surface area (Å²) in [6.45, 7) is 0.501. The van der Waals surface area contributed by atoms with Gasteiger partial charge in [0.2, 0.25) is 5.91 Å². The lowest BCUT2D eigenvalue weighted by Gasteiger charge is -2.20. The van der Waals surface area contributed by atoms with Crippen LogP contribution in [0.25, 0.3) is 0 Å². The molecule has 1 amide bonds. The first-order valence-electron chi connectivity index (χ1n) is 6.32. The molecule has 0 saturated heterocycles. The number of thioether (sulfide) groups is 1. The van der Waals surface area contributed by atoms with Crippen molar-refractivity contribution in [2.24, 2.45) is 17.6 Å². The van der Waals surface area contributed by atoms with Crippen LogP contribution in [0.15, 0.2) is 0 Å². The number of hydrogen-bond donors (Lipinski definition) is 3. The minimum absolute atomic E-state index is 0.105. The number of carbonyl (C=O) groups excluding carboxylic acids is 1. The smallest absolute Gasteiger partial charge is 0.326 e. The summed E-state index contributed by atoms with van der Waals surface area (Å²) in [5.41, 5.74) is 5.63. The molecule has 1 saturated carbocycles. The number of nitrogens with one attached hydrogen (secondary N) is 1. The Bertz CT molecular complexity index is 299. The molecule has 0 aromatic carbocycles. The molecule has 0 bridgehead atoms. The highest BCUT2D eigenvalue weighted by Crippen LogP contribution is 2.31. The lowest BCUT2D eigenvalue weighted by atomic mass is 9.95. The molecule has 18 heavy (non-hydrogen) atoms. The zero-order valence-electron chi connectivity index (χ0n) is 10.7. The Hall–Kier alpha value is -0.750. The molecule has 0 spiro atoms. The van der Waals surface area contributed by atoms with Crippen LogP contribution in [0.4, 0.5) is 0 Å². The van der Waals surface area contributed by atoms with Crippen LogP contribution in [0.5, 0.6) is 0 Å². The summed E-state index contributed by atoms with van der Waals surface area (Å²) in [6, 6.07) is -0.774. The van der Waals surface area contributed by atoms with Gasteiger partial charge in [-0.05, 0) is 43.7 Å². The highest BCUT2D eigenvalue weighted by atomic mass is 32.2. The average molecular weight is 274 g/mol. The second kappa shape index (κ2) is 7.63. The molecule has 1 aliphatic rings. The van der Waals surface area contributed by atoms with Crippen molar-refractivity contribution >= 4 is 23.6 Å². The van der Waals surface area contributed by atoms with Crippen LogP contribution in [-0.2, 0) is 9.59 Å². The maximum absolute atomic E-state index is 12.1. The summed E-state index contributed by atoms with van der Waals surface area (Å²) >= 11 is 1.58. The van der Waals surface area contributed by atoms with E-state index >= 15 is 0 Å². The number of carboxylic acids is 1. The van der Waals surface area contributed by atoms with Crippen molar-refractivity contribution in [2.75, 3.05) is 18.6 Å². The third-order valence-electron chi connectivity index (χ3n) is 3.52. The topological polar surface area (TPSA) is 92.4 Å². The van der Waals surface area contributed by atoms with Crippen molar-refractivity contribution in [1.82, 2.24) is 5.32 Å². The van der Waals surface area contributed by atoms with Gasteiger partial charge in [0.15, 0.2) is 0 Å². The molecule has 1 rings (SSSR count). The molecule has 0 radical (unpaired) electrons. The summed E-state index contributed by atoms with van der Waals surface area (Å²) < 4.78 is 0. The van der Waals surface area contributed by atoms with E-state index in [1.165, 1.54) is 0 Å². The van der Waals surface area contributed by atoms with Crippen molar-refractivity contribution in [3.63, 3.8) is 0 Å². The van der Waals surface area contributed by atoms with E-state index in [-0.39, 0.29) is 17.7 Å². The molecule has 0 aromatic heterocycles. The van der Waals surface area contributed by atoms with Crippen LogP contribution in [0.3, 0.4) is 0 Å². The Kier molecular flexibility index (Phi) is 6.49. The van der Waals surface area contributed by atoms with Gasteiger partial charge < -0.3 is 16.2 Å². The van der Waals surface area contributed by atoms with Gasteiger partial charge in [0.1, 0.15) is 6.04 Å². The van der Waals surface area contributed by atoms with E-state index < -0.39 is 12.0 Å². The van der Waals surface area contributed by atoms with Gasteiger partial charge >= 0.3 is 5.97 Å². The predicted octanol–water partition coefficient (Wildman–Crippen LogP) is 0.684.